The Bertz CT molecular complexity index is 720. The molecular formula is C20H23N3O. The molecular weight excluding hydrogens is 298 g/mol. The molecule has 0 spiro atoms. The van der Waals surface area contributed by atoms with Crippen molar-refractivity contribution >= 4 is 27.7 Å². The topological polar surface area (TPSA) is 68.0 Å². The second-order valence-electron chi connectivity index (χ2n) is 6.24. The molecule has 0 radical (unpaired) electrons. The standard InChI is InChI=1S/C13H9N.C7H14N2O/c1-3-7-12-10(5-1)9-11-6-2-4-8-13(11)14-12;8-7(10)2-1-6-3-4-9-5-6/h1-9H;6,9H,1-5H2,(H2,8,10). The molecule has 2 aromatic carbocycles. The number of pyridine rings is 1. The Labute approximate surface area is 142 Å². The molecule has 1 amide bonds. The zero-order chi connectivity index (χ0) is 16.8. The Morgan fingerprint density at radius 1 is 1.08 bits per heavy atom. The molecule has 0 bridgehead atoms. The van der Waals surface area contributed by atoms with Gasteiger partial charge in [0.25, 0.3) is 0 Å². The Morgan fingerprint density at radius 3 is 2.25 bits per heavy atom. The van der Waals surface area contributed by atoms with Crippen LogP contribution >= 0.6 is 0 Å². The van der Waals surface area contributed by atoms with Crippen LogP contribution in [0.3, 0.4) is 0 Å². The van der Waals surface area contributed by atoms with E-state index in [0.717, 1.165) is 30.5 Å². The highest BCUT2D eigenvalue weighted by Gasteiger charge is 2.14. The summed E-state index contributed by atoms with van der Waals surface area (Å²) in [6, 6.07) is 18.6. The van der Waals surface area contributed by atoms with Crippen LogP contribution in [0.2, 0.25) is 0 Å². The van der Waals surface area contributed by atoms with Gasteiger partial charge < -0.3 is 11.1 Å². The number of rotatable bonds is 3. The SMILES string of the molecule is NC(=O)CCC1CCNC1.c1ccc2nc3ccccc3cc2c1. The molecule has 24 heavy (non-hydrogen) atoms. The molecule has 3 N–H and O–H groups in total. The fourth-order valence-corrected chi connectivity index (χ4v) is 3.03. The van der Waals surface area contributed by atoms with Gasteiger partial charge in [-0.3, -0.25) is 4.79 Å². The summed E-state index contributed by atoms with van der Waals surface area (Å²) in [6.45, 7) is 2.16. The first-order valence-corrected chi connectivity index (χ1v) is 8.46. The molecule has 1 aromatic heterocycles. The van der Waals surface area contributed by atoms with Gasteiger partial charge in [-0.15, -0.1) is 0 Å². The van der Waals surface area contributed by atoms with Gasteiger partial charge in [-0.25, -0.2) is 4.98 Å². The minimum Gasteiger partial charge on any atom is -0.370 e. The Kier molecular flexibility index (Phi) is 5.39. The first-order valence-electron chi connectivity index (χ1n) is 8.46. The number of hydrogen-bond acceptors (Lipinski definition) is 3. The summed E-state index contributed by atoms with van der Waals surface area (Å²) >= 11 is 0. The Balaban J connectivity index is 0.000000150. The lowest BCUT2D eigenvalue weighted by Gasteiger charge is -2.03. The van der Waals surface area contributed by atoms with Crippen molar-refractivity contribution in [2.24, 2.45) is 11.7 Å². The van der Waals surface area contributed by atoms with Crippen molar-refractivity contribution in [2.45, 2.75) is 19.3 Å². The third-order valence-electron chi connectivity index (χ3n) is 4.39. The third kappa shape index (κ3) is 4.30. The molecule has 1 fully saturated rings. The number of primary amides is 1. The van der Waals surface area contributed by atoms with Crippen LogP contribution in [0, 0.1) is 5.92 Å². The van der Waals surface area contributed by atoms with Crippen LogP contribution in [-0.4, -0.2) is 24.0 Å². The largest absolute Gasteiger partial charge is 0.370 e. The average molecular weight is 321 g/mol. The summed E-state index contributed by atoms with van der Waals surface area (Å²) in [5, 5.41) is 5.64. The van der Waals surface area contributed by atoms with E-state index < -0.39 is 0 Å². The number of nitrogens with one attached hydrogen (secondary N) is 1. The monoisotopic (exact) mass is 321 g/mol. The van der Waals surface area contributed by atoms with Crippen molar-refractivity contribution in [3.63, 3.8) is 0 Å². The van der Waals surface area contributed by atoms with E-state index in [1.165, 1.54) is 17.2 Å². The zero-order valence-corrected chi connectivity index (χ0v) is 13.7. The first kappa shape index (κ1) is 16.4. The number of fused-ring (bicyclic) bond motifs is 2. The lowest BCUT2D eigenvalue weighted by Crippen LogP contribution is -2.14. The normalized spacial score (nSPS) is 16.8. The fraction of sp³-hybridized carbons (Fsp3) is 0.300. The van der Waals surface area contributed by atoms with Gasteiger partial charge >= 0.3 is 0 Å². The van der Waals surface area contributed by atoms with Crippen LogP contribution in [0.5, 0.6) is 0 Å². The molecule has 1 aliphatic heterocycles. The highest BCUT2D eigenvalue weighted by Crippen LogP contribution is 2.18. The second-order valence-corrected chi connectivity index (χ2v) is 6.24. The van der Waals surface area contributed by atoms with Gasteiger partial charge in [0.15, 0.2) is 0 Å². The summed E-state index contributed by atoms with van der Waals surface area (Å²) < 4.78 is 0. The van der Waals surface area contributed by atoms with Crippen molar-refractivity contribution in [1.82, 2.24) is 10.3 Å². The fourth-order valence-electron chi connectivity index (χ4n) is 3.03. The van der Waals surface area contributed by atoms with E-state index in [4.69, 9.17) is 5.73 Å². The number of aromatic nitrogens is 1. The average Bonchev–Trinajstić information content (AvgIpc) is 3.12. The van der Waals surface area contributed by atoms with Gasteiger partial charge in [-0.1, -0.05) is 36.4 Å². The maximum atomic E-state index is 10.4. The van der Waals surface area contributed by atoms with Crippen LogP contribution < -0.4 is 11.1 Å². The lowest BCUT2D eigenvalue weighted by atomic mass is 10.0. The second kappa shape index (κ2) is 7.88. The molecule has 1 aliphatic rings. The minimum absolute atomic E-state index is 0.174. The van der Waals surface area contributed by atoms with Gasteiger partial charge in [0.05, 0.1) is 11.0 Å². The van der Waals surface area contributed by atoms with E-state index in [0.29, 0.717) is 12.3 Å². The number of nitrogens with zero attached hydrogens (tertiary/aromatic N) is 1. The highest BCUT2D eigenvalue weighted by molar-refractivity contribution is 5.92. The smallest absolute Gasteiger partial charge is 0.217 e. The van der Waals surface area contributed by atoms with Crippen LogP contribution in [0.1, 0.15) is 19.3 Å². The molecule has 4 rings (SSSR count). The zero-order valence-electron chi connectivity index (χ0n) is 13.7. The number of amides is 1. The van der Waals surface area contributed by atoms with Crippen molar-refractivity contribution in [3.8, 4) is 0 Å². The van der Waals surface area contributed by atoms with E-state index in [-0.39, 0.29) is 5.91 Å². The van der Waals surface area contributed by atoms with Crippen molar-refractivity contribution in [1.29, 1.82) is 0 Å². The van der Waals surface area contributed by atoms with Gasteiger partial charge in [0, 0.05) is 17.2 Å². The molecule has 0 aliphatic carbocycles. The van der Waals surface area contributed by atoms with E-state index in [1.54, 1.807) is 0 Å². The Morgan fingerprint density at radius 2 is 1.71 bits per heavy atom. The van der Waals surface area contributed by atoms with Crippen LogP contribution in [-0.2, 0) is 4.79 Å². The van der Waals surface area contributed by atoms with Crippen LogP contribution in [0.15, 0.2) is 54.6 Å². The van der Waals surface area contributed by atoms with Crippen LogP contribution in [0.4, 0.5) is 0 Å². The minimum atomic E-state index is -0.174. The van der Waals surface area contributed by atoms with Crippen molar-refractivity contribution < 1.29 is 4.79 Å². The summed E-state index contributed by atoms with van der Waals surface area (Å²) in [4.78, 5) is 14.9. The highest BCUT2D eigenvalue weighted by atomic mass is 16.1. The van der Waals surface area contributed by atoms with E-state index >= 15 is 0 Å². The van der Waals surface area contributed by atoms with Crippen LogP contribution in [0.25, 0.3) is 21.8 Å². The molecule has 124 valence electrons. The van der Waals surface area contributed by atoms with E-state index in [2.05, 4.69) is 28.5 Å². The summed E-state index contributed by atoms with van der Waals surface area (Å²) in [6.07, 6.45) is 2.71. The van der Waals surface area contributed by atoms with E-state index in [9.17, 15) is 4.79 Å². The van der Waals surface area contributed by atoms with Gasteiger partial charge in [0.2, 0.25) is 5.91 Å². The maximum Gasteiger partial charge on any atom is 0.217 e. The number of carbonyl (C=O) groups is 1. The molecule has 1 unspecified atom stereocenters. The number of benzene rings is 2. The Hall–Kier alpha value is -2.46. The summed E-state index contributed by atoms with van der Waals surface area (Å²) in [5.74, 6) is 0.513. The summed E-state index contributed by atoms with van der Waals surface area (Å²) in [5.41, 5.74) is 7.13. The molecule has 4 heteroatoms. The molecule has 2 heterocycles. The first-order chi connectivity index (χ1) is 11.7. The molecule has 1 saturated heterocycles. The van der Waals surface area contributed by atoms with Crippen molar-refractivity contribution in [2.75, 3.05) is 13.1 Å². The van der Waals surface area contributed by atoms with Gasteiger partial charge in [-0.2, -0.15) is 0 Å². The van der Waals surface area contributed by atoms with Crippen molar-refractivity contribution in [3.05, 3.63) is 54.6 Å². The maximum absolute atomic E-state index is 10.4. The molecule has 4 nitrogen and oxygen atoms in total. The molecule has 3 aromatic rings. The quantitative estimate of drug-likeness (QED) is 0.728. The number of nitrogens with two attached hydrogens (primary N) is 1. The predicted octanol–water partition coefficient (Wildman–Crippen LogP) is 3.25. The number of carbonyl (C=O) groups excluding carboxylic acids is 1. The third-order valence-corrected chi connectivity index (χ3v) is 4.39. The summed E-state index contributed by atoms with van der Waals surface area (Å²) in [7, 11) is 0. The lowest BCUT2D eigenvalue weighted by molar-refractivity contribution is -0.118. The van der Waals surface area contributed by atoms with Gasteiger partial charge in [-0.05, 0) is 50.0 Å². The molecule has 1 atom stereocenters. The van der Waals surface area contributed by atoms with Gasteiger partial charge in [0.1, 0.15) is 0 Å². The number of hydrogen-bond donors (Lipinski definition) is 2. The molecule has 0 saturated carbocycles. The van der Waals surface area contributed by atoms with E-state index in [1.807, 2.05) is 36.4 Å². The number of para-hydroxylation sites is 2. The predicted molar refractivity (Wildman–Crippen MR) is 98.7 cm³/mol.